The molecular weight excluding hydrogens is 408 g/mol. The number of nitrogens with one attached hydrogen (secondary N) is 2. The second-order valence-electron chi connectivity index (χ2n) is 8.45. The molecule has 2 aromatic heterocycles. The molecule has 3 aromatic rings. The van der Waals surface area contributed by atoms with Gasteiger partial charge in [0.2, 0.25) is 23.7 Å². The van der Waals surface area contributed by atoms with Crippen LogP contribution in [0.15, 0.2) is 42.5 Å². The van der Waals surface area contributed by atoms with Gasteiger partial charge in [0.15, 0.2) is 5.65 Å². The third-order valence-corrected chi connectivity index (χ3v) is 5.79. The first-order chi connectivity index (χ1) is 15.5. The summed E-state index contributed by atoms with van der Waals surface area (Å²) in [5.41, 5.74) is 3.36. The molecule has 0 bridgehead atoms. The summed E-state index contributed by atoms with van der Waals surface area (Å²) in [6.07, 6.45) is 2.16. The summed E-state index contributed by atoms with van der Waals surface area (Å²) in [4.78, 5) is 41.7. The fourth-order valence-electron chi connectivity index (χ4n) is 3.88. The lowest BCUT2D eigenvalue weighted by molar-refractivity contribution is -0.137. The van der Waals surface area contributed by atoms with Crippen molar-refractivity contribution in [3.05, 3.63) is 48.0 Å². The van der Waals surface area contributed by atoms with Crippen LogP contribution in [-0.2, 0) is 20.8 Å². The Bertz CT molecular complexity index is 1190. The second kappa shape index (κ2) is 8.07. The Hall–Kier alpha value is -3.75. The predicted molar refractivity (Wildman–Crippen MR) is 118 cm³/mol. The zero-order chi connectivity index (χ0) is 22.2. The standard InChI is InChI=1S/C23H24N6O3/c1-14(30)24-18-12-28(13-18)21(31)11-15-5-7-16(8-6-15)19-3-2-4-20-25-23(27-29(19)20)26-22(32)17-9-10-17/h2-8,17-18H,9-13H2,1H3,(H,24,30)(H,26,27,32). The van der Waals surface area contributed by atoms with Crippen molar-refractivity contribution >= 4 is 29.3 Å². The average molecular weight is 432 g/mol. The molecule has 9 nitrogen and oxygen atoms in total. The number of nitrogens with zero attached hydrogens (tertiary/aromatic N) is 4. The van der Waals surface area contributed by atoms with Gasteiger partial charge in [0.25, 0.3) is 0 Å². The minimum Gasteiger partial charge on any atom is -0.350 e. The Morgan fingerprint density at radius 1 is 1.06 bits per heavy atom. The molecule has 2 fully saturated rings. The molecular formula is C23H24N6O3. The summed E-state index contributed by atoms with van der Waals surface area (Å²) < 4.78 is 1.71. The number of aromatic nitrogens is 3. The van der Waals surface area contributed by atoms with Crippen molar-refractivity contribution in [3.63, 3.8) is 0 Å². The minimum absolute atomic E-state index is 0.0259. The maximum Gasteiger partial charge on any atom is 0.249 e. The molecule has 3 heterocycles. The number of anilines is 1. The van der Waals surface area contributed by atoms with E-state index < -0.39 is 0 Å². The van der Waals surface area contributed by atoms with Crippen LogP contribution in [0.3, 0.4) is 0 Å². The molecule has 1 aliphatic heterocycles. The van der Waals surface area contributed by atoms with Crippen LogP contribution in [-0.4, -0.2) is 56.4 Å². The summed E-state index contributed by atoms with van der Waals surface area (Å²) in [7, 11) is 0. The van der Waals surface area contributed by atoms with E-state index >= 15 is 0 Å². The summed E-state index contributed by atoms with van der Waals surface area (Å²) in [6.45, 7) is 2.60. The number of rotatable bonds is 6. The average Bonchev–Trinajstić information content (AvgIpc) is 3.50. The number of likely N-dealkylation sites (tertiary alicyclic amines) is 1. The zero-order valence-corrected chi connectivity index (χ0v) is 17.7. The van der Waals surface area contributed by atoms with E-state index in [-0.39, 0.29) is 29.7 Å². The normalized spacial score (nSPS) is 16.0. The Kier molecular flexibility index (Phi) is 5.08. The number of pyridine rings is 1. The maximum absolute atomic E-state index is 12.5. The topological polar surface area (TPSA) is 109 Å². The smallest absolute Gasteiger partial charge is 0.249 e. The largest absolute Gasteiger partial charge is 0.350 e. The molecule has 164 valence electrons. The molecule has 1 saturated heterocycles. The fraction of sp³-hybridized carbons (Fsp3) is 0.348. The van der Waals surface area contributed by atoms with Crippen LogP contribution in [0.5, 0.6) is 0 Å². The van der Waals surface area contributed by atoms with E-state index in [2.05, 4.69) is 20.7 Å². The molecule has 1 saturated carbocycles. The van der Waals surface area contributed by atoms with Gasteiger partial charge in [0.1, 0.15) is 0 Å². The van der Waals surface area contributed by atoms with Gasteiger partial charge in [-0.1, -0.05) is 30.3 Å². The summed E-state index contributed by atoms with van der Waals surface area (Å²) >= 11 is 0. The highest BCUT2D eigenvalue weighted by Gasteiger charge is 2.31. The van der Waals surface area contributed by atoms with E-state index in [1.54, 1.807) is 9.42 Å². The second-order valence-corrected chi connectivity index (χ2v) is 8.45. The van der Waals surface area contributed by atoms with Gasteiger partial charge in [-0.3, -0.25) is 19.7 Å². The van der Waals surface area contributed by atoms with Gasteiger partial charge in [-0.05, 0) is 30.5 Å². The van der Waals surface area contributed by atoms with Crippen LogP contribution in [0.1, 0.15) is 25.3 Å². The zero-order valence-electron chi connectivity index (χ0n) is 17.7. The third kappa shape index (κ3) is 4.18. The Morgan fingerprint density at radius 3 is 2.50 bits per heavy atom. The summed E-state index contributed by atoms with van der Waals surface area (Å²) in [6, 6.07) is 13.5. The third-order valence-electron chi connectivity index (χ3n) is 5.79. The van der Waals surface area contributed by atoms with Crippen molar-refractivity contribution in [2.75, 3.05) is 18.4 Å². The van der Waals surface area contributed by atoms with Crippen LogP contribution in [0, 0.1) is 5.92 Å². The minimum atomic E-state index is -0.0718. The first-order valence-electron chi connectivity index (χ1n) is 10.8. The maximum atomic E-state index is 12.5. The van der Waals surface area contributed by atoms with Gasteiger partial charge in [-0.25, -0.2) is 4.52 Å². The van der Waals surface area contributed by atoms with E-state index in [0.29, 0.717) is 31.1 Å². The van der Waals surface area contributed by atoms with E-state index in [4.69, 9.17) is 0 Å². The van der Waals surface area contributed by atoms with Crippen molar-refractivity contribution in [1.29, 1.82) is 0 Å². The Morgan fingerprint density at radius 2 is 1.81 bits per heavy atom. The lowest BCUT2D eigenvalue weighted by Gasteiger charge is -2.39. The molecule has 3 amide bonds. The predicted octanol–water partition coefficient (Wildman–Crippen LogP) is 1.63. The van der Waals surface area contributed by atoms with Crippen molar-refractivity contribution in [1.82, 2.24) is 24.8 Å². The molecule has 5 rings (SSSR count). The van der Waals surface area contributed by atoms with E-state index in [0.717, 1.165) is 29.7 Å². The number of hydrogen-bond donors (Lipinski definition) is 2. The van der Waals surface area contributed by atoms with Gasteiger partial charge in [-0.15, -0.1) is 5.10 Å². The van der Waals surface area contributed by atoms with Gasteiger partial charge in [0, 0.05) is 31.5 Å². The molecule has 1 aromatic carbocycles. The molecule has 2 N–H and O–H groups in total. The highest BCUT2D eigenvalue weighted by Crippen LogP contribution is 2.30. The van der Waals surface area contributed by atoms with E-state index in [9.17, 15) is 14.4 Å². The highest BCUT2D eigenvalue weighted by molar-refractivity contribution is 5.92. The van der Waals surface area contributed by atoms with Gasteiger partial charge in [0.05, 0.1) is 18.2 Å². The summed E-state index contributed by atoms with van der Waals surface area (Å²) in [5, 5.41) is 10.1. The van der Waals surface area contributed by atoms with Gasteiger partial charge >= 0.3 is 0 Å². The van der Waals surface area contributed by atoms with Crippen LogP contribution >= 0.6 is 0 Å². The van der Waals surface area contributed by atoms with Crippen molar-refractivity contribution in [2.45, 2.75) is 32.2 Å². The van der Waals surface area contributed by atoms with Crippen LogP contribution in [0.2, 0.25) is 0 Å². The SMILES string of the molecule is CC(=O)NC1CN(C(=O)Cc2ccc(-c3cccc4nc(NC(=O)C5CC5)nn34)cc2)C1. The number of amides is 3. The van der Waals surface area contributed by atoms with E-state index in [1.807, 2.05) is 42.5 Å². The Balaban J connectivity index is 1.26. The number of carbonyl (C=O) groups is 3. The first kappa shape index (κ1) is 20.2. The number of hydrogen-bond acceptors (Lipinski definition) is 5. The molecule has 2 aliphatic rings. The lowest BCUT2D eigenvalue weighted by Crippen LogP contribution is -2.60. The highest BCUT2D eigenvalue weighted by atomic mass is 16.2. The van der Waals surface area contributed by atoms with Crippen LogP contribution in [0.25, 0.3) is 16.9 Å². The number of fused-ring (bicyclic) bond motifs is 1. The molecule has 1 aliphatic carbocycles. The number of carbonyl (C=O) groups excluding carboxylic acids is 3. The first-order valence-corrected chi connectivity index (χ1v) is 10.8. The van der Waals surface area contributed by atoms with Gasteiger partial charge in [-0.2, -0.15) is 4.98 Å². The van der Waals surface area contributed by atoms with Crippen molar-refractivity contribution in [2.24, 2.45) is 5.92 Å². The van der Waals surface area contributed by atoms with Crippen LogP contribution in [0.4, 0.5) is 5.95 Å². The van der Waals surface area contributed by atoms with Crippen LogP contribution < -0.4 is 10.6 Å². The van der Waals surface area contributed by atoms with Crippen molar-refractivity contribution < 1.29 is 14.4 Å². The fourth-order valence-corrected chi connectivity index (χ4v) is 3.88. The molecule has 0 unspecified atom stereocenters. The van der Waals surface area contributed by atoms with E-state index in [1.165, 1.54) is 6.92 Å². The molecule has 9 heteroatoms. The molecule has 0 atom stereocenters. The quantitative estimate of drug-likeness (QED) is 0.616. The molecule has 0 radical (unpaired) electrons. The Labute approximate surface area is 184 Å². The summed E-state index contributed by atoms with van der Waals surface area (Å²) in [5.74, 6) is 0.348. The monoisotopic (exact) mass is 432 g/mol. The van der Waals surface area contributed by atoms with Gasteiger partial charge < -0.3 is 10.2 Å². The lowest BCUT2D eigenvalue weighted by atomic mass is 10.0. The number of benzene rings is 1. The molecule has 32 heavy (non-hydrogen) atoms. The van der Waals surface area contributed by atoms with Crippen molar-refractivity contribution in [3.8, 4) is 11.3 Å². The molecule has 0 spiro atoms.